The smallest absolute Gasteiger partial charge is 0.408 e. The van der Waals surface area contributed by atoms with Gasteiger partial charge in [0.1, 0.15) is 46.7 Å². The number of carbonyl (C=O) groups is 4. The number of hydrogen-bond donors (Lipinski definition) is 3. The average Bonchev–Trinajstić information content (AvgIpc) is 4.04. The number of benzene rings is 2. The minimum atomic E-state index is -3.94. The van der Waals surface area contributed by atoms with Crippen molar-refractivity contribution >= 4 is 71.8 Å². The Hall–Kier alpha value is -5.16. The standard InChI is InChI=1S/C44H50BrN5O10S/c1-6-25-22-44(25,41(53)49-61(55,56)28-16-17-28)48-39(51)30-20-27(23-50(30)40(52)38(43(2,3)4)47-42(54)59-26-14-10-11-15-26)58-33-21-29(24-12-8-7-9-13-24)46-36-34-31(60-37(33)36)18-19-32(57-5)35(34)45/h6-9,12-13,18-19,21,25-28,30,38H,1,10-11,14-17,20,22-23H2,2-5H3,(H,47,54)(H,48,51)(H,49,53)/t25-,27-,30+,38-,44-/m1/s1. The molecule has 15 nitrogen and oxygen atoms in total. The van der Waals surface area contributed by atoms with Crippen LogP contribution in [0.4, 0.5) is 4.79 Å². The lowest BCUT2D eigenvalue weighted by Crippen LogP contribution is -2.60. The first-order valence-corrected chi connectivity index (χ1v) is 23.0. The van der Waals surface area contributed by atoms with Gasteiger partial charge in [0.25, 0.3) is 5.91 Å². The number of amides is 4. The van der Waals surface area contributed by atoms with Gasteiger partial charge in [-0.1, -0.05) is 57.2 Å². The fraction of sp³-hybridized carbons (Fsp3) is 0.477. The Morgan fingerprint density at radius 3 is 2.39 bits per heavy atom. The molecule has 61 heavy (non-hydrogen) atoms. The molecule has 4 fully saturated rings. The molecular weight excluding hydrogens is 870 g/mol. The summed E-state index contributed by atoms with van der Waals surface area (Å²) in [4.78, 5) is 62.8. The Morgan fingerprint density at radius 1 is 1.03 bits per heavy atom. The number of likely N-dealkylation sites (tertiary alicyclic amines) is 1. The van der Waals surface area contributed by atoms with Crippen molar-refractivity contribution in [2.24, 2.45) is 11.3 Å². The number of halogens is 1. The van der Waals surface area contributed by atoms with Gasteiger partial charge < -0.3 is 34.2 Å². The Morgan fingerprint density at radius 2 is 1.75 bits per heavy atom. The van der Waals surface area contributed by atoms with E-state index in [-0.39, 0.29) is 25.5 Å². The molecule has 17 heteroatoms. The Bertz CT molecular complexity index is 2510. The topological polar surface area (TPSA) is 195 Å². The van der Waals surface area contributed by atoms with Gasteiger partial charge in [0.05, 0.1) is 34.5 Å². The number of furan rings is 1. The molecule has 4 aliphatic rings. The number of pyridine rings is 1. The van der Waals surface area contributed by atoms with E-state index in [0.29, 0.717) is 56.6 Å². The molecule has 2 aromatic heterocycles. The van der Waals surface area contributed by atoms with E-state index in [1.165, 1.54) is 11.0 Å². The Labute approximate surface area is 362 Å². The minimum Gasteiger partial charge on any atom is -0.496 e. The maximum absolute atomic E-state index is 14.8. The second kappa shape index (κ2) is 16.3. The molecular formula is C44H50BrN5O10S. The van der Waals surface area contributed by atoms with E-state index in [9.17, 15) is 27.6 Å². The lowest BCUT2D eigenvalue weighted by molar-refractivity contribution is -0.143. The Kier molecular flexibility index (Phi) is 11.3. The largest absolute Gasteiger partial charge is 0.496 e. The summed E-state index contributed by atoms with van der Waals surface area (Å²) >= 11 is 3.67. The number of carbonyl (C=O) groups excluding carboxylic acids is 4. The predicted molar refractivity (Wildman–Crippen MR) is 230 cm³/mol. The highest BCUT2D eigenvalue weighted by atomic mass is 79.9. The van der Waals surface area contributed by atoms with Crippen molar-refractivity contribution in [3.8, 4) is 22.8 Å². The van der Waals surface area contributed by atoms with Gasteiger partial charge in [-0.05, 0) is 78.4 Å². The van der Waals surface area contributed by atoms with Crippen LogP contribution in [0, 0.1) is 11.3 Å². The van der Waals surface area contributed by atoms with Crippen LogP contribution in [-0.2, 0) is 29.1 Å². The summed E-state index contributed by atoms with van der Waals surface area (Å²) in [5, 5.41) is 5.62. The maximum Gasteiger partial charge on any atom is 0.408 e. The molecule has 4 aromatic rings. The van der Waals surface area contributed by atoms with Crippen LogP contribution in [0.2, 0.25) is 0 Å². The molecule has 0 unspecified atom stereocenters. The summed E-state index contributed by atoms with van der Waals surface area (Å²) in [6, 6.07) is 12.5. The van der Waals surface area contributed by atoms with Gasteiger partial charge in [-0.3, -0.25) is 19.1 Å². The molecule has 8 rings (SSSR count). The maximum atomic E-state index is 14.8. The molecule has 0 bridgehead atoms. The summed E-state index contributed by atoms with van der Waals surface area (Å²) in [5.41, 5.74) is 0.302. The number of ether oxygens (including phenoxy) is 3. The van der Waals surface area contributed by atoms with Crippen LogP contribution in [0.5, 0.6) is 11.5 Å². The number of fused-ring (bicyclic) bond motifs is 3. The van der Waals surface area contributed by atoms with Crippen LogP contribution in [-0.4, -0.2) is 90.9 Å². The first-order chi connectivity index (χ1) is 29.0. The monoisotopic (exact) mass is 919 g/mol. The van der Waals surface area contributed by atoms with E-state index in [4.69, 9.17) is 23.6 Å². The first kappa shape index (κ1) is 42.5. The number of hydrogen-bond acceptors (Lipinski definition) is 11. The molecule has 3 aliphatic carbocycles. The van der Waals surface area contributed by atoms with Crippen molar-refractivity contribution in [1.82, 2.24) is 25.2 Å². The number of methoxy groups -OCH3 is 1. The van der Waals surface area contributed by atoms with Gasteiger partial charge in [-0.15, -0.1) is 6.58 Å². The summed E-state index contributed by atoms with van der Waals surface area (Å²) in [7, 11) is -2.37. The fourth-order valence-electron chi connectivity index (χ4n) is 8.43. The molecule has 0 radical (unpaired) electrons. The van der Waals surface area contributed by atoms with Gasteiger partial charge in [-0.2, -0.15) is 0 Å². The number of rotatable bonds is 13. The number of nitrogens with zero attached hydrogens (tertiary/aromatic N) is 2. The highest BCUT2D eigenvalue weighted by Crippen LogP contribution is 2.46. The second-order valence-electron chi connectivity index (χ2n) is 17.5. The number of alkyl carbamates (subject to hydrolysis) is 1. The van der Waals surface area contributed by atoms with Gasteiger partial charge in [0, 0.05) is 24.0 Å². The molecule has 2 aromatic carbocycles. The SMILES string of the molecule is C=C[C@@H]1C[C@]1(NC(=O)[C@@H]1C[C@@H](Oc2cc(-c3ccccc3)nc3c2oc2ccc(OC)c(Br)c23)CN1C(=O)[C@@H](NC(=O)OC1CCCC1)C(C)(C)C)C(=O)NS(=O)(=O)C1CC1. The zero-order valence-electron chi connectivity index (χ0n) is 34.5. The van der Waals surface area contributed by atoms with E-state index in [0.717, 1.165) is 31.2 Å². The molecule has 0 spiro atoms. The summed E-state index contributed by atoms with van der Waals surface area (Å²) in [6.45, 7) is 9.12. The van der Waals surface area contributed by atoms with Crippen molar-refractivity contribution in [2.75, 3.05) is 13.7 Å². The zero-order chi connectivity index (χ0) is 43.4. The van der Waals surface area contributed by atoms with E-state index >= 15 is 0 Å². The number of nitrogens with one attached hydrogen (secondary N) is 3. The van der Waals surface area contributed by atoms with Gasteiger partial charge in [0.2, 0.25) is 21.8 Å². The third-order valence-electron chi connectivity index (χ3n) is 12.1. The highest BCUT2D eigenvalue weighted by molar-refractivity contribution is 9.10. The zero-order valence-corrected chi connectivity index (χ0v) is 36.9. The lowest BCUT2D eigenvalue weighted by Gasteiger charge is -2.35. The summed E-state index contributed by atoms with van der Waals surface area (Å²) < 4.78 is 52.9. The van der Waals surface area contributed by atoms with Crippen molar-refractivity contribution in [3.63, 3.8) is 0 Å². The molecule has 5 atom stereocenters. The molecule has 1 saturated heterocycles. The van der Waals surface area contributed by atoms with Crippen molar-refractivity contribution in [1.29, 1.82) is 0 Å². The van der Waals surface area contributed by atoms with Crippen LogP contribution < -0.4 is 24.8 Å². The molecule has 4 amide bonds. The number of sulfonamides is 1. The quantitative estimate of drug-likeness (QED) is 0.124. The van der Waals surface area contributed by atoms with Gasteiger partial charge in [-0.25, -0.2) is 18.2 Å². The minimum absolute atomic E-state index is 0.0278. The summed E-state index contributed by atoms with van der Waals surface area (Å²) in [5.74, 6) is -1.77. The van der Waals surface area contributed by atoms with E-state index in [1.54, 1.807) is 46.1 Å². The second-order valence-corrected chi connectivity index (χ2v) is 20.3. The van der Waals surface area contributed by atoms with E-state index < -0.39 is 74.1 Å². The Balaban J connectivity index is 1.15. The van der Waals surface area contributed by atoms with Crippen LogP contribution in [0.3, 0.4) is 0 Å². The molecule has 3 N–H and O–H groups in total. The number of aromatic nitrogens is 1. The molecule has 324 valence electrons. The van der Waals surface area contributed by atoms with Gasteiger partial charge in [0.15, 0.2) is 11.3 Å². The van der Waals surface area contributed by atoms with Crippen molar-refractivity contribution < 1.29 is 46.2 Å². The fourth-order valence-corrected chi connectivity index (χ4v) is 10.5. The third kappa shape index (κ3) is 8.42. The molecule has 3 saturated carbocycles. The highest BCUT2D eigenvalue weighted by Gasteiger charge is 2.62. The lowest BCUT2D eigenvalue weighted by atomic mass is 9.85. The third-order valence-corrected chi connectivity index (χ3v) is 14.7. The molecule has 1 aliphatic heterocycles. The van der Waals surface area contributed by atoms with Crippen molar-refractivity contribution in [2.45, 2.75) is 107 Å². The van der Waals surface area contributed by atoms with Gasteiger partial charge >= 0.3 is 6.09 Å². The predicted octanol–water partition coefficient (Wildman–Crippen LogP) is 6.52. The van der Waals surface area contributed by atoms with E-state index in [1.807, 2.05) is 30.3 Å². The first-order valence-electron chi connectivity index (χ1n) is 20.6. The summed E-state index contributed by atoms with van der Waals surface area (Å²) in [6.07, 6.45) is 4.07. The molecule has 3 heterocycles. The van der Waals surface area contributed by atoms with E-state index in [2.05, 4.69) is 37.9 Å². The van der Waals surface area contributed by atoms with Crippen LogP contribution in [0.15, 0.2) is 70.1 Å². The van der Waals surface area contributed by atoms with Crippen LogP contribution in [0.25, 0.3) is 33.3 Å². The van der Waals surface area contributed by atoms with Crippen molar-refractivity contribution in [3.05, 3.63) is 65.7 Å². The van der Waals surface area contributed by atoms with Crippen LogP contribution in [0.1, 0.15) is 72.1 Å². The van der Waals surface area contributed by atoms with Crippen LogP contribution >= 0.6 is 15.9 Å². The normalized spacial score (nSPS) is 23.4. The average molecular weight is 921 g/mol.